The van der Waals surface area contributed by atoms with Gasteiger partial charge in [-0.05, 0) is 24.3 Å². The third-order valence-electron chi connectivity index (χ3n) is 3.53. The molecule has 0 unspecified atom stereocenters. The number of nitrogens with one attached hydrogen (secondary N) is 2. The van der Waals surface area contributed by atoms with Crippen molar-refractivity contribution in [2.75, 3.05) is 17.2 Å². The summed E-state index contributed by atoms with van der Waals surface area (Å²) in [7, 11) is 0. The molecule has 24 heavy (non-hydrogen) atoms. The molecule has 0 aliphatic carbocycles. The summed E-state index contributed by atoms with van der Waals surface area (Å²) >= 11 is 12.1. The van der Waals surface area contributed by atoms with Crippen LogP contribution in [0.1, 0.15) is 6.42 Å². The van der Waals surface area contributed by atoms with E-state index in [0.717, 1.165) is 10.9 Å². The standard InChI is InChI=1S/C18H15Cl2N3O/c19-13-6-2-7-14(17(13)20)21-11-9-16(24)23-15-8-1-4-12-5-3-10-22-18(12)15/h1-8,10,21H,9,11H2,(H,23,24). The fourth-order valence-electron chi connectivity index (χ4n) is 2.37. The zero-order valence-corrected chi connectivity index (χ0v) is 14.2. The summed E-state index contributed by atoms with van der Waals surface area (Å²) in [5, 5.41) is 7.93. The fraction of sp³-hybridized carbons (Fsp3) is 0.111. The molecule has 0 spiro atoms. The van der Waals surface area contributed by atoms with Crippen LogP contribution >= 0.6 is 23.2 Å². The van der Waals surface area contributed by atoms with Crippen molar-refractivity contribution in [2.45, 2.75) is 6.42 Å². The van der Waals surface area contributed by atoms with Crippen molar-refractivity contribution < 1.29 is 4.79 Å². The number of carbonyl (C=O) groups is 1. The molecule has 4 nitrogen and oxygen atoms in total. The Hall–Kier alpha value is -2.30. The molecule has 122 valence electrons. The van der Waals surface area contributed by atoms with Crippen LogP contribution in [0.25, 0.3) is 10.9 Å². The van der Waals surface area contributed by atoms with E-state index < -0.39 is 0 Å². The summed E-state index contributed by atoms with van der Waals surface area (Å²) in [5.41, 5.74) is 2.20. The van der Waals surface area contributed by atoms with Crippen molar-refractivity contribution in [2.24, 2.45) is 0 Å². The predicted octanol–water partition coefficient (Wildman–Crippen LogP) is 4.98. The third-order valence-corrected chi connectivity index (χ3v) is 4.34. The largest absolute Gasteiger partial charge is 0.383 e. The second-order valence-electron chi connectivity index (χ2n) is 5.21. The molecule has 0 saturated carbocycles. The Balaban J connectivity index is 1.60. The summed E-state index contributed by atoms with van der Waals surface area (Å²) in [6.45, 7) is 0.449. The fourth-order valence-corrected chi connectivity index (χ4v) is 2.74. The van der Waals surface area contributed by atoms with Crippen LogP contribution < -0.4 is 10.6 Å². The number of rotatable bonds is 5. The molecule has 1 amide bonds. The van der Waals surface area contributed by atoms with Gasteiger partial charge in [0.2, 0.25) is 5.91 Å². The lowest BCUT2D eigenvalue weighted by atomic mass is 10.2. The molecular weight excluding hydrogens is 345 g/mol. The van der Waals surface area contributed by atoms with E-state index in [1.54, 1.807) is 18.3 Å². The maximum atomic E-state index is 12.2. The van der Waals surface area contributed by atoms with Gasteiger partial charge in [0.1, 0.15) is 0 Å². The van der Waals surface area contributed by atoms with E-state index in [-0.39, 0.29) is 5.91 Å². The molecule has 6 heteroatoms. The van der Waals surface area contributed by atoms with Gasteiger partial charge < -0.3 is 10.6 Å². The molecule has 0 fully saturated rings. The number of halogens is 2. The molecule has 1 aromatic heterocycles. The highest BCUT2D eigenvalue weighted by Gasteiger charge is 2.08. The highest BCUT2D eigenvalue weighted by Crippen LogP contribution is 2.29. The highest BCUT2D eigenvalue weighted by atomic mass is 35.5. The number of carbonyl (C=O) groups excluding carboxylic acids is 1. The van der Waals surface area contributed by atoms with E-state index in [0.29, 0.717) is 34.4 Å². The predicted molar refractivity (Wildman–Crippen MR) is 99.9 cm³/mol. The summed E-state index contributed by atoms with van der Waals surface area (Å²) in [6.07, 6.45) is 2.01. The lowest BCUT2D eigenvalue weighted by molar-refractivity contribution is -0.115. The number of anilines is 2. The van der Waals surface area contributed by atoms with Crippen molar-refractivity contribution in [1.29, 1.82) is 0 Å². The topological polar surface area (TPSA) is 54.0 Å². The Morgan fingerprint density at radius 1 is 1.00 bits per heavy atom. The molecule has 0 radical (unpaired) electrons. The van der Waals surface area contributed by atoms with Gasteiger partial charge in [0, 0.05) is 24.5 Å². The molecule has 0 saturated heterocycles. The maximum absolute atomic E-state index is 12.2. The van der Waals surface area contributed by atoms with Gasteiger partial charge in [-0.3, -0.25) is 9.78 Å². The molecule has 2 aromatic carbocycles. The van der Waals surface area contributed by atoms with E-state index in [4.69, 9.17) is 23.2 Å². The molecular formula is C18H15Cl2N3O. The number of para-hydroxylation sites is 1. The van der Waals surface area contributed by atoms with Crippen molar-refractivity contribution in [1.82, 2.24) is 4.98 Å². The molecule has 3 aromatic rings. The van der Waals surface area contributed by atoms with E-state index in [9.17, 15) is 4.79 Å². The van der Waals surface area contributed by atoms with Crippen molar-refractivity contribution in [3.8, 4) is 0 Å². The van der Waals surface area contributed by atoms with Crippen molar-refractivity contribution in [3.63, 3.8) is 0 Å². The van der Waals surface area contributed by atoms with Gasteiger partial charge in [-0.15, -0.1) is 0 Å². The minimum atomic E-state index is -0.0983. The second kappa shape index (κ2) is 7.51. The molecule has 0 atom stereocenters. The summed E-state index contributed by atoms with van der Waals surface area (Å²) in [5.74, 6) is -0.0983. The van der Waals surface area contributed by atoms with Crippen LogP contribution in [0.15, 0.2) is 54.7 Å². The number of hydrogen-bond donors (Lipinski definition) is 2. The van der Waals surface area contributed by atoms with Crippen LogP contribution in [0, 0.1) is 0 Å². The first-order valence-electron chi connectivity index (χ1n) is 7.46. The van der Waals surface area contributed by atoms with Crippen molar-refractivity contribution in [3.05, 3.63) is 64.8 Å². The molecule has 0 aliphatic rings. The number of fused-ring (bicyclic) bond motifs is 1. The molecule has 2 N–H and O–H groups in total. The first-order valence-corrected chi connectivity index (χ1v) is 8.22. The van der Waals surface area contributed by atoms with Crippen LogP contribution in [0.2, 0.25) is 10.0 Å². The van der Waals surface area contributed by atoms with Crippen LogP contribution in [0.3, 0.4) is 0 Å². The van der Waals surface area contributed by atoms with Gasteiger partial charge in [0.15, 0.2) is 0 Å². The van der Waals surface area contributed by atoms with Gasteiger partial charge in [-0.1, -0.05) is 47.5 Å². The van der Waals surface area contributed by atoms with Gasteiger partial charge in [0.25, 0.3) is 0 Å². The van der Waals surface area contributed by atoms with Crippen LogP contribution in [0.5, 0.6) is 0 Å². The minimum Gasteiger partial charge on any atom is -0.383 e. The number of nitrogens with zero attached hydrogens (tertiary/aromatic N) is 1. The highest BCUT2D eigenvalue weighted by molar-refractivity contribution is 6.43. The third kappa shape index (κ3) is 3.78. The number of aromatic nitrogens is 1. The summed E-state index contributed by atoms with van der Waals surface area (Å²) in [6, 6.07) is 14.9. The maximum Gasteiger partial charge on any atom is 0.226 e. The molecule has 0 bridgehead atoms. The molecule has 3 rings (SSSR count). The van der Waals surface area contributed by atoms with Gasteiger partial charge in [0.05, 0.1) is 26.9 Å². The Labute approximate surface area is 149 Å². The first-order chi connectivity index (χ1) is 11.6. The number of pyridine rings is 1. The summed E-state index contributed by atoms with van der Waals surface area (Å²) in [4.78, 5) is 16.5. The Morgan fingerprint density at radius 3 is 2.62 bits per heavy atom. The monoisotopic (exact) mass is 359 g/mol. The normalized spacial score (nSPS) is 10.6. The molecule has 1 heterocycles. The minimum absolute atomic E-state index is 0.0983. The van der Waals surface area contributed by atoms with E-state index >= 15 is 0 Å². The van der Waals surface area contributed by atoms with E-state index in [1.807, 2.05) is 36.4 Å². The van der Waals surface area contributed by atoms with Crippen LogP contribution in [-0.2, 0) is 4.79 Å². The number of amides is 1. The van der Waals surface area contributed by atoms with Gasteiger partial charge in [-0.2, -0.15) is 0 Å². The Bertz CT molecular complexity index is 878. The SMILES string of the molecule is O=C(CCNc1cccc(Cl)c1Cl)Nc1cccc2cccnc12. The number of hydrogen-bond acceptors (Lipinski definition) is 3. The summed E-state index contributed by atoms with van der Waals surface area (Å²) < 4.78 is 0. The Kier molecular flexibility index (Phi) is 5.18. The number of benzene rings is 2. The van der Waals surface area contributed by atoms with E-state index in [2.05, 4.69) is 15.6 Å². The average Bonchev–Trinajstić information content (AvgIpc) is 2.59. The zero-order valence-electron chi connectivity index (χ0n) is 12.7. The quantitative estimate of drug-likeness (QED) is 0.675. The van der Waals surface area contributed by atoms with Gasteiger partial charge >= 0.3 is 0 Å². The lowest BCUT2D eigenvalue weighted by Crippen LogP contribution is -2.16. The second-order valence-corrected chi connectivity index (χ2v) is 5.99. The lowest BCUT2D eigenvalue weighted by Gasteiger charge is -2.10. The zero-order chi connectivity index (χ0) is 16.9. The van der Waals surface area contributed by atoms with Gasteiger partial charge in [-0.25, -0.2) is 0 Å². The van der Waals surface area contributed by atoms with Crippen LogP contribution in [-0.4, -0.2) is 17.4 Å². The van der Waals surface area contributed by atoms with Crippen molar-refractivity contribution >= 4 is 51.4 Å². The molecule has 0 aliphatic heterocycles. The average molecular weight is 360 g/mol. The van der Waals surface area contributed by atoms with E-state index in [1.165, 1.54) is 0 Å². The Morgan fingerprint density at radius 2 is 1.75 bits per heavy atom. The first kappa shape index (κ1) is 16.6. The smallest absolute Gasteiger partial charge is 0.226 e. The van der Waals surface area contributed by atoms with Crippen LogP contribution in [0.4, 0.5) is 11.4 Å².